The van der Waals surface area contributed by atoms with Crippen molar-refractivity contribution in [2.24, 2.45) is 0 Å². The summed E-state index contributed by atoms with van der Waals surface area (Å²) in [5, 5.41) is 15.0. The second kappa shape index (κ2) is 4.85. The topological polar surface area (TPSA) is 50.9 Å². The fourth-order valence-corrected chi connectivity index (χ4v) is 2.08. The summed E-state index contributed by atoms with van der Waals surface area (Å²) in [5.41, 5.74) is 2.36. The molecule has 1 N–H and O–H groups in total. The van der Waals surface area contributed by atoms with E-state index in [0.717, 1.165) is 11.1 Å². The molecule has 2 heterocycles. The number of pyridine rings is 1. The normalized spacial score (nSPS) is 12.7. The van der Waals surface area contributed by atoms with Crippen LogP contribution in [-0.2, 0) is 6.54 Å². The van der Waals surface area contributed by atoms with Gasteiger partial charge in [-0.15, -0.1) is 0 Å². The number of hydrogen-bond donors (Lipinski definition) is 1. The summed E-state index contributed by atoms with van der Waals surface area (Å²) in [5.74, 6) is 0. The molecule has 2 aromatic heterocycles. The number of aliphatic hydroxyl groups is 1. The summed E-state index contributed by atoms with van der Waals surface area (Å²) in [6, 6.07) is 1.79. The Bertz CT molecular complexity index is 524. The van der Waals surface area contributed by atoms with Crippen LogP contribution in [0.5, 0.6) is 0 Å². The molecule has 5 heteroatoms. The van der Waals surface area contributed by atoms with Gasteiger partial charge in [-0.3, -0.25) is 9.67 Å². The molecule has 0 bridgehead atoms. The van der Waals surface area contributed by atoms with E-state index in [4.69, 9.17) is 11.6 Å². The fourth-order valence-electron chi connectivity index (χ4n) is 1.83. The summed E-state index contributed by atoms with van der Waals surface area (Å²) in [6.45, 7) is 4.54. The van der Waals surface area contributed by atoms with E-state index in [1.807, 2.05) is 13.8 Å². The minimum Gasteiger partial charge on any atom is -0.382 e. The Kier molecular flexibility index (Phi) is 3.45. The third-order valence-electron chi connectivity index (χ3n) is 2.75. The Labute approximate surface area is 105 Å². The molecular formula is C12H14ClN3O. The summed E-state index contributed by atoms with van der Waals surface area (Å²) < 4.78 is 1.70. The molecule has 0 aliphatic heterocycles. The predicted molar refractivity (Wildman–Crippen MR) is 65.9 cm³/mol. The molecule has 0 saturated heterocycles. The first kappa shape index (κ1) is 12.1. The third kappa shape index (κ3) is 2.18. The van der Waals surface area contributed by atoms with Gasteiger partial charge in [0.15, 0.2) is 0 Å². The minimum atomic E-state index is -0.770. The van der Waals surface area contributed by atoms with Crippen molar-refractivity contribution in [2.45, 2.75) is 26.5 Å². The second-order valence-corrected chi connectivity index (χ2v) is 4.24. The predicted octanol–water partition coefficient (Wildman–Crippen LogP) is 2.34. The van der Waals surface area contributed by atoms with Crippen LogP contribution in [0.15, 0.2) is 24.7 Å². The van der Waals surface area contributed by atoms with E-state index in [1.165, 1.54) is 0 Å². The highest BCUT2D eigenvalue weighted by Gasteiger charge is 2.20. The maximum absolute atomic E-state index is 10.4. The first-order valence-electron chi connectivity index (χ1n) is 5.45. The van der Waals surface area contributed by atoms with Gasteiger partial charge in [-0.25, -0.2) is 0 Å². The quantitative estimate of drug-likeness (QED) is 0.911. The van der Waals surface area contributed by atoms with Crippen molar-refractivity contribution in [1.29, 1.82) is 0 Å². The first-order chi connectivity index (χ1) is 8.15. The van der Waals surface area contributed by atoms with E-state index in [-0.39, 0.29) is 0 Å². The van der Waals surface area contributed by atoms with Gasteiger partial charge in [-0.1, -0.05) is 11.6 Å². The number of aromatic nitrogens is 3. The molecule has 1 atom stereocenters. The second-order valence-electron chi connectivity index (χ2n) is 3.83. The lowest BCUT2D eigenvalue weighted by atomic mass is 10.0. The fraction of sp³-hybridized carbons (Fsp3) is 0.333. The molecular weight excluding hydrogens is 238 g/mol. The Morgan fingerprint density at radius 2 is 2.24 bits per heavy atom. The summed E-state index contributed by atoms with van der Waals surface area (Å²) in [4.78, 5) is 4.01. The molecule has 17 heavy (non-hydrogen) atoms. The average Bonchev–Trinajstić information content (AvgIpc) is 2.70. The summed E-state index contributed by atoms with van der Waals surface area (Å²) >= 11 is 6.06. The zero-order valence-electron chi connectivity index (χ0n) is 9.76. The molecule has 2 rings (SSSR count). The highest BCUT2D eigenvalue weighted by atomic mass is 35.5. The van der Waals surface area contributed by atoms with Crippen molar-refractivity contribution in [2.75, 3.05) is 0 Å². The molecule has 2 aromatic rings. The van der Waals surface area contributed by atoms with Crippen LogP contribution in [0, 0.1) is 6.92 Å². The zero-order chi connectivity index (χ0) is 12.4. The van der Waals surface area contributed by atoms with Gasteiger partial charge in [-0.2, -0.15) is 5.10 Å². The van der Waals surface area contributed by atoms with Crippen molar-refractivity contribution in [3.8, 4) is 0 Å². The number of halogens is 1. The lowest BCUT2D eigenvalue weighted by molar-refractivity contribution is 0.207. The summed E-state index contributed by atoms with van der Waals surface area (Å²) in [6.07, 6.45) is 4.17. The lowest BCUT2D eigenvalue weighted by Crippen LogP contribution is -2.10. The number of rotatable bonds is 3. The molecule has 0 amide bonds. The Morgan fingerprint density at radius 3 is 2.88 bits per heavy atom. The maximum atomic E-state index is 10.4. The van der Waals surface area contributed by atoms with Crippen LogP contribution in [0.25, 0.3) is 0 Å². The number of aryl methyl sites for hydroxylation is 2. The van der Waals surface area contributed by atoms with Gasteiger partial charge < -0.3 is 5.11 Å². The maximum Gasteiger partial charge on any atom is 0.123 e. The lowest BCUT2D eigenvalue weighted by Gasteiger charge is -2.15. The minimum absolute atomic E-state index is 0.482. The molecule has 1 unspecified atom stereocenters. The molecule has 0 aliphatic rings. The largest absolute Gasteiger partial charge is 0.382 e. The van der Waals surface area contributed by atoms with E-state index in [0.29, 0.717) is 17.3 Å². The van der Waals surface area contributed by atoms with E-state index in [9.17, 15) is 5.11 Å². The van der Waals surface area contributed by atoms with Crippen molar-refractivity contribution in [3.05, 3.63) is 46.5 Å². The van der Waals surface area contributed by atoms with Crippen molar-refractivity contribution in [3.63, 3.8) is 0 Å². The van der Waals surface area contributed by atoms with Gasteiger partial charge in [0.25, 0.3) is 0 Å². The van der Waals surface area contributed by atoms with Crippen LogP contribution < -0.4 is 0 Å². The molecule has 0 radical (unpaired) electrons. The van der Waals surface area contributed by atoms with Crippen LogP contribution in [0.2, 0.25) is 5.02 Å². The average molecular weight is 252 g/mol. The first-order valence-corrected chi connectivity index (χ1v) is 5.82. The van der Waals surface area contributed by atoms with Crippen molar-refractivity contribution >= 4 is 11.6 Å². The van der Waals surface area contributed by atoms with Crippen molar-refractivity contribution in [1.82, 2.24) is 14.8 Å². The van der Waals surface area contributed by atoms with E-state index in [1.54, 1.807) is 29.3 Å². The van der Waals surface area contributed by atoms with Gasteiger partial charge >= 0.3 is 0 Å². The van der Waals surface area contributed by atoms with Gasteiger partial charge in [-0.05, 0) is 31.0 Å². The molecule has 0 aliphatic carbocycles. The number of hydrogen-bond acceptors (Lipinski definition) is 3. The van der Waals surface area contributed by atoms with E-state index < -0.39 is 6.10 Å². The number of aliphatic hydroxyl groups excluding tert-OH is 1. The SMILES string of the molecule is CCn1ncc(Cl)c1C(O)c1ccncc1C. The Morgan fingerprint density at radius 1 is 1.47 bits per heavy atom. The molecule has 0 spiro atoms. The van der Waals surface area contributed by atoms with Crippen LogP contribution in [0.1, 0.15) is 29.8 Å². The van der Waals surface area contributed by atoms with Gasteiger partial charge in [0, 0.05) is 18.9 Å². The Balaban J connectivity index is 2.47. The van der Waals surface area contributed by atoms with Crippen molar-refractivity contribution < 1.29 is 5.11 Å². The molecule has 90 valence electrons. The zero-order valence-corrected chi connectivity index (χ0v) is 10.5. The molecule has 0 saturated carbocycles. The highest BCUT2D eigenvalue weighted by molar-refractivity contribution is 6.31. The van der Waals surface area contributed by atoms with E-state index >= 15 is 0 Å². The van der Waals surface area contributed by atoms with Crippen LogP contribution in [0.3, 0.4) is 0 Å². The molecule has 0 fully saturated rings. The van der Waals surface area contributed by atoms with Crippen LogP contribution >= 0.6 is 11.6 Å². The van der Waals surface area contributed by atoms with Gasteiger partial charge in [0.2, 0.25) is 0 Å². The van der Waals surface area contributed by atoms with Crippen LogP contribution in [-0.4, -0.2) is 19.9 Å². The smallest absolute Gasteiger partial charge is 0.123 e. The highest BCUT2D eigenvalue weighted by Crippen LogP contribution is 2.29. The standard InChI is InChI=1S/C12H14ClN3O/c1-3-16-11(10(13)7-15-16)12(17)9-4-5-14-6-8(9)2/h4-7,12,17H,3H2,1-2H3. The molecule has 4 nitrogen and oxygen atoms in total. The van der Waals surface area contributed by atoms with Gasteiger partial charge in [0.1, 0.15) is 6.10 Å². The van der Waals surface area contributed by atoms with Gasteiger partial charge in [0.05, 0.1) is 16.9 Å². The number of nitrogens with zero attached hydrogens (tertiary/aromatic N) is 3. The Hall–Kier alpha value is -1.39. The van der Waals surface area contributed by atoms with Crippen LogP contribution in [0.4, 0.5) is 0 Å². The van der Waals surface area contributed by atoms with E-state index in [2.05, 4.69) is 10.1 Å². The molecule has 0 aromatic carbocycles. The monoisotopic (exact) mass is 251 g/mol. The summed E-state index contributed by atoms with van der Waals surface area (Å²) in [7, 11) is 0. The third-order valence-corrected chi connectivity index (χ3v) is 3.04.